The first-order valence-electron chi connectivity index (χ1n) is 8.41. The summed E-state index contributed by atoms with van der Waals surface area (Å²) < 4.78 is 25.7. The molecule has 1 N–H and O–H groups in total. The van der Waals surface area contributed by atoms with Gasteiger partial charge in [-0.05, 0) is 61.6 Å². The highest BCUT2D eigenvalue weighted by atomic mass is 32.2. The predicted molar refractivity (Wildman–Crippen MR) is 95.1 cm³/mol. The predicted octanol–water partition coefficient (Wildman–Crippen LogP) is 3.32. The van der Waals surface area contributed by atoms with Crippen LogP contribution in [0.3, 0.4) is 0 Å². The van der Waals surface area contributed by atoms with E-state index in [-0.39, 0.29) is 28.9 Å². The Balaban J connectivity index is 1.59. The Kier molecular flexibility index (Phi) is 5.58. The van der Waals surface area contributed by atoms with Crippen molar-refractivity contribution in [2.45, 2.75) is 42.4 Å². The van der Waals surface area contributed by atoms with Gasteiger partial charge in [-0.3, -0.25) is 14.0 Å². The summed E-state index contributed by atoms with van der Waals surface area (Å²) in [6, 6.07) is 9.41. The SMILES string of the molecule is CC1CC(S(=O)c2ccc(F)cc2)CCC1NC(=O)c1cccnc1. The normalized spacial score (nSPS) is 24.5. The molecule has 0 spiro atoms. The molecule has 25 heavy (non-hydrogen) atoms. The Labute approximate surface area is 149 Å². The lowest BCUT2D eigenvalue weighted by Crippen LogP contribution is -2.44. The van der Waals surface area contributed by atoms with Gasteiger partial charge in [0.05, 0.1) is 16.4 Å². The van der Waals surface area contributed by atoms with Gasteiger partial charge in [0.25, 0.3) is 5.91 Å². The Morgan fingerprint density at radius 3 is 2.64 bits per heavy atom. The van der Waals surface area contributed by atoms with Gasteiger partial charge in [-0.2, -0.15) is 0 Å². The molecule has 4 nitrogen and oxygen atoms in total. The first-order valence-corrected chi connectivity index (χ1v) is 9.63. The van der Waals surface area contributed by atoms with Crippen LogP contribution < -0.4 is 5.32 Å². The zero-order valence-electron chi connectivity index (χ0n) is 14.0. The standard InChI is InChI=1S/C19H21FN2O2S/c1-13-11-17(25(24)16-6-4-15(20)5-7-16)8-9-18(13)22-19(23)14-3-2-10-21-12-14/h2-7,10,12-13,17-18H,8-9,11H2,1H3,(H,22,23). The van der Waals surface area contributed by atoms with Gasteiger partial charge in [-0.15, -0.1) is 0 Å². The van der Waals surface area contributed by atoms with Crippen LogP contribution in [0.2, 0.25) is 0 Å². The molecule has 1 aliphatic rings. The Morgan fingerprint density at radius 2 is 2.00 bits per heavy atom. The minimum atomic E-state index is -1.15. The topological polar surface area (TPSA) is 59.1 Å². The number of hydrogen-bond donors (Lipinski definition) is 1. The van der Waals surface area contributed by atoms with Crippen molar-refractivity contribution < 1.29 is 13.4 Å². The molecule has 1 aliphatic carbocycles. The number of hydrogen-bond acceptors (Lipinski definition) is 3. The summed E-state index contributed by atoms with van der Waals surface area (Å²) in [6.45, 7) is 2.07. The van der Waals surface area contributed by atoms with E-state index in [2.05, 4.69) is 17.2 Å². The van der Waals surface area contributed by atoms with Crippen molar-refractivity contribution in [3.63, 3.8) is 0 Å². The number of halogens is 1. The number of nitrogens with one attached hydrogen (secondary N) is 1. The van der Waals surface area contributed by atoms with Crippen LogP contribution in [0.1, 0.15) is 36.5 Å². The number of pyridine rings is 1. The van der Waals surface area contributed by atoms with E-state index >= 15 is 0 Å². The highest BCUT2D eigenvalue weighted by Gasteiger charge is 2.32. The zero-order chi connectivity index (χ0) is 17.8. The maximum Gasteiger partial charge on any atom is 0.253 e. The smallest absolute Gasteiger partial charge is 0.253 e. The second kappa shape index (κ2) is 7.87. The molecule has 2 aromatic rings. The lowest BCUT2D eigenvalue weighted by Gasteiger charge is -2.34. The van der Waals surface area contributed by atoms with E-state index in [9.17, 15) is 13.4 Å². The van der Waals surface area contributed by atoms with Crippen molar-refractivity contribution in [1.29, 1.82) is 0 Å². The van der Waals surface area contributed by atoms with Crippen LogP contribution in [0.4, 0.5) is 4.39 Å². The fourth-order valence-electron chi connectivity index (χ4n) is 3.27. The highest BCUT2D eigenvalue weighted by molar-refractivity contribution is 7.85. The van der Waals surface area contributed by atoms with Gasteiger partial charge in [0.2, 0.25) is 0 Å². The van der Waals surface area contributed by atoms with Crippen molar-refractivity contribution in [2.75, 3.05) is 0 Å². The van der Waals surface area contributed by atoms with Gasteiger partial charge in [-0.25, -0.2) is 4.39 Å². The van der Waals surface area contributed by atoms with E-state index < -0.39 is 10.8 Å². The van der Waals surface area contributed by atoms with Crippen molar-refractivity contribution in [3.8, 4) is 0 Å². The molecular weight excluding hydrogens is 339 g/mol. The molecular formula is C19H21FN2O2S. The minimum absolute atomic E-state index is 0.0343. The third kappa shape index (κ3) is 4.31. The van der Waals surface area contributed by atoms with Crippen LogP contribution in [0.25, 0.3) is 0 Å². The van der Waals surface area contributed by atoms with Crippen LogP contribution in [0, 0.1) is 11.7 Å². The summed E-state index contributed by atoms with van der Waals surface area (Å²) in [6.07, 6.45) is 5.50. The van der Waals surface area contributed by atoms with E-state index in [0.717, 1.165) is 19.3 Å². The highest BCUT2D eigenvalue weighted by Crippen LogP contribution is 2.30. The molecule has 1 amide bonds. The van der Waals surface area contributed by atoms with Crippen molar-refractivity contribution in [3.05, 3.63) is 60.2 Å². The van der Waals surface area contributed by atoms with Gasteiger partial charge in [0.15, 0.2) is 0 Å². The molecule has 0 bridgehead atoms. The largest absolute Gasteiger partial charge is 0.349 e. The van der Waals surface area contributed by atoms with Gasteiger partial charge in [0.1, 0.15) is 5.82 Å². The number of benzene rings is 1. The number of aromatic nitrogens is 1. The van der Waals surface area contributed by atoms with Crippen molar-refractivity contribution in [1.82, 2.24) is 10.3 Å². The molecule has 0 saturated heterocycles. The summed E-state index contributed by atoms with van der Waals surface area (Å²) in [5.74, 6) is -0.220. The summed E-state index contributed by atoms with van der Waals surface area (Å²) >= 11 is 0. The maximum atomic E-state index is 13.0. The molecule has 6 heteroatoms. The van der Waals surface area contributed by atoms with Crippen LogP contribution >= 0.6 is 0 Å². The lowest BCUT2D eigenvalue weighted by atomic mass is 9.85. The fourth-order valence-corrected chi connectivity index (χ4v) is 4.88. The zero-order valence-corrected chi connectivity index (χ0v) is 14.8. The number of carbonyl (C=O) groups excluding carboxylic acids is 1. The van der Waals surface area contributed by atoms with E-state index in [1.807, 2.05) is 0 Å². The van der Waals surface area contributed by atoms with E-state index in [4.69, 9.17) is 0 Å². The van der Waals surface area contributed by atoms with Gasteiger partial charge < -0.3 is 5.32 Å². The summed E-state index contributed by atoms with van der Waals surface area (Å²) in [7, 11) is -1.15. The van der Waals surface area contributed by atoms with Gasteiger partial charge >= 0.3 is 0 Å². The number of amides is 1. The monoisotopic (exact) mass is 360 g/mol. The molecule has 1 aromatic heterocycles. The number of nitrogens with zero attached hydrogens (tertiary/aromatic N) is 1. The third-order valence-electron chi connectivity index (χ3n) is 4.71. The van der Waals surface area contributed by atoms with Gasteiger partial charge in [0, 0.05) is 28.6 Å². The van der Waals surface area contributed by atoms with Gasteiger partial charge in [-0.1, -0.05) is 6.92 Å². The van der Waals surface area contributed by atoms with Crippen LogP contribution in [0.15, 0.2) is 53.7 Å². The van der Waals surface area contributed by atoms with E-state index in [0.29, 0.717) is 10.5 Å². The molecule has 1 aromatic carbocycles. The summed E-state index contributed by atoms with van der Waals surface area (Å²) in [5, 5.41) is 3.10. The van der Waals surface area contributed by atoms with Crippen LogP contribution in [0.5, 0.6) is 0 Å². The maximum absolute atomic E-state index is 13.0. The molecule has 4 unspecified atom stereocenters. The Morgan fingerprint density at radius 1 is 1.24 bits per heavy atom. The first-order chi connectivity index (χ1) is 12.0. The number of carbonyl (C=O) groups is 1. The molecule has 132 valence electrons. The Hall–Kier alpha value is -2.08. The molecule has 1 saturated carbocycles. The average Bonchev–Trinajstić information content (AvgIpc) is 2.64. The molecule has 3 rings (SSSR count). The first kappa shape index (κ1) is 17.7. The molecule has 1 heterocycles. The van der Waals surface area contributed by atoms with Crippen LogP contribution in [-0.2, 0) is 10.8 Å². The molecule has 0 radical (unpaired) electrons. The molecule has 4 atom stereocenters. The summed E-state index contributed by atoms with van der Waals surface area (Å²) in [5.41, 5.74) is 0.548. The minimum Gasteiger partial charge on any atom is -0.349 e. The van der Waals surface area contributed by atoms with Crippen molar-refractivity contribution >= 4 is 16.7 Å². The van der Waals surface area contributed by atoms with E-state index in [1.165, 1.54) is 12.1 Å². The number of rotatable bonds is 4. The lowest BCUT2D eigenvalue weighted by molar-refractivity contribution is 0.0910. The summed E-state index contributed by atoms with van der Waals surface area (Å²) in [4.78, 5) is 16.9. The average molecular weight is 360 g/mol. The second-order valence-corrected chi connectivity index (χ2v) is 8.22. The van der Waals surface area contributed by atoms with Crippen molar-refractivity contribution in [2.24, 2.45) is 5.92 Å². The third-order valence-corrected chi connectivity index (χ3v) is 6.48. The Bertz CT molecular complexity index is 752. The van der Waals surface area contributed by atoms with Crippen LogP contribution in [-0.4, -0.2) is 26.4 Å². The van der Waals surface area contributed by atoms with E-state index in [1.54, 1.807) is 36.7 Å². The fraction of sp³-hybridized carbons (Fsp3) is 0.368. The molecule has 1 fully saturated rings. The quantitative estimate of drug-likeness (QED) is 0.910. The second-order valence-electron chi connectivity index (χ2n) is 6.49. The molecule has 0 aliphatic heterocycles.